The van der Waals surface area contributed by atoms with Crippen LogP contribution < -0.4 is 0 Å². The maximum Gasteiger partial charge on any atom is 0.419 e. The molecule has 3 nitrogen and oxygen atoms in total. The number of hydrogen-bond acceptors (Lipinski definition) is 2. The van der Waals surface area contributed by atoms with E-state index >= 15 is 0 Å². The number of carboxylic acid groups (broad SMARTS) is 1. The number of ketones is 1. The van der Waals surface area contributed by atoms with Crippen molar-refractivity contribution in [3.8, 4) is 0 Å². The van der Waals surface area contributed by atoms with Gasteiger partial charge in [0.25, 0.3) is 0 Å². The minimum atomic E-state index is -4.93. The van der Waals surface area contributed by atoms with E-state index in [9.17, 15) is 27.2 Å². The van der Waals surface area contributed by atoms with Gasteiger partial charge in [0.15, 0.2) is 5.78 Å². The normalized spacial score (nSPS) is 11.3. The average Bonchev–Trinajstić information content (AvgIpc) is 2.15. The van der Waals surface area contributed by atoms with E-state index < -0.39 is 41.3 Å². The Balaban J connectivity index is 3.13. The quantitative estimate of drug-likeness (QED) is 0.509. The molecule has 0 bridgehead atoms. The van der Waals surface area contributed by atoms with Gasteiger partial charge in [-0.25, -0.2) is 4.39 Å². The van der Waals surface area contributed by atoms with Crippen LogP contribution in [0, 0.1) is 5.82 Å². The Morgan fingerprint density at radius 2 is 1.82 bits per heavy atom. The van der Waals surface area contributed by atoms with Crippen molar-refractivity contribution in [1.82, 2.24) is 0 Å². The minimum Gasteiger partial charge on any atom is -0.481 e. The zero-order valence-corrected chi connectivity index (χ0v) is 8.21. The van der Waals surface area contributed by atoms with E-state index in [2.05, 4.69) is 0 Å². The van der Waals surface area contributed by atoms with Gasteiger partial charge in [0.05, 0.1) is 5.56 Å². The molecule has 0 unspecified atom stereocenters. The molecule has 7 heteroatoms. The highest BCUT2D eigenvalue weighted by Gasteiger charge is 2.34. The number of alkyl halides is 3. The molecule has 0 saturated carbocycles. The first-order chi connectivity index (χ1) is 7.71. The van der Waals surface area contributed by atoms with E-state index in [1.165, 1.54) is 0 Å². The number of carboxylic acids is 1. The molecule has 0 aliphatic carbocycles. The van der Waals surface area contributed by atoms with Crippen LogP contribution >= 0.6 is 0 Å². The molecule has 1 aromatic carbocycles. The Morgan fingerprint density at radius 3 is 2.29 bits per heavy atom. The van der Waals surface area contributed by atoms with E-state index in [0.29, 0.717) is 12.1 Å². The summed E-state index contributed by atoms with van der Waals surface area (Å²) in [7, 11) is 0. The van der Waals surface area contributed by atoms with Gasteiger partial charge in [-0.2, -0.15) is 13.2 Å². The molecule has 0 heterocycles. The summed E-state index contributed by atoms with van der Waals surface area (Å²) >= 11 is 0. The zero-order valence-electron chi connectivity index (χ0n) is 8.21. The molecular formula is C10H6F4O3. The van der Waals surface area contributed by atoms with E-state index in [0.717, 1.165) is 6.07 Å². The number of aliphatic carboxylic acids is 1. The molecule has 0 radical (unpaired) electrons. The molecule has 0 spiro atoms. The lowest BCUT2D eigenvalue weighted by Crippen LogP contribution is -2.12. The highest BCUT2D eigenvalue weighted by Crippen LogP contribution is 2.32. The van der Waals surface area contributed by atoms with Gasteiger partial charge >= 0.3 is 12.1 Å². The summed E-state index contributed by atoms with van der Waals surface area (Å²) in [4.78, 5) is 21.4. The van der Waals surface area contributed by atoms with Gasteiger partial charge in [-0.3, -0.25) is 9.59 Å². The van der Waals surface area contributed by atoms with Gasteiger partial charge in [-0.15, -0.1) is 0 Å². The van der Waals surface area contributed by atoms with Crippen molar-refractivity contribution < 1.29 is 32.3 Å². The molecule has 1 N–H and O–H groups in total. The summed E-state index contributed by atoms with van der Waals surface area (Å²) < 4.78 is 49.7. The van der Waals surface area contributed by atoms with Crippen LogP contribution in [0.5, 0.6) is 0 Å². The minimum absolute atomic E-state index is 0.306. The first kappa shape index (κ1) is 13.1. The van der Waals surface area contributed by atoms with Crippen LogP contribution in [0.1, 0.15) is 22.3 Å². The standard InChI is InChI=1S/C10H6F4O3/c11-7-2-1-5(8(15)4-9(16)17)3-6(7)10(12,13)14/h1-3H,4H2,(H,16,17). The number of halogens is 4. The van der Waals surface area contributed by atoms with Gasteiger partial charge < -0.3 is 5.11 Å². The molecule has 0 amide bonds. The second kappa shape index (κ2) is 4.52. The number of Topliss-reactive ketones (excluding diaryl/α,β-unsaturated/α-hetero) is 1. The van der Waals surface area contributed by atoms with Crippen molar-refractivity contribution >= 4 is 11.8 Å². The lowest BCUT2D eigenvalue weighted by Gasteiger charge is -2.09. The Bertz CT molecular complexity index is 465. The van der Waals surface area contributed by atoms with Crippen molar-refractivity contribution in [2.45, 2.75) is 12.6 Å². The van der Waals surface area contributed by atoms with E-state index in [4.69, 9.17) is 5.11 Å². The van der Waals surface area contributed by atoms with Crippen molar-refractivity contribution in [3.63, 3.8) is 0 Å². The van der Waals surface area contributed by atoms with E-state index in [1.807, 2.05) is 0 Å². The van der Waals surface area contributed by atoms with Gasteiger partial charge in [-0.1, -0.05) is 0 Å². The Kier molecular flexibility index (Phi) is 3.50. The maximum absolute atomic E-state index is 12.8. The summed E-state index contributed by atoms with van der Waals surface area (Å²) in [5.41, 5.74) is -2.07. The summed E-state index contributed by atoms with van der Waals surface area (Å²) in [6, 6.07) is 1.61. The molecule has 1 rings (SSSR count). The third-order valence-electron chi connectivity index (χ3n) is 1.91. The molecule has 0 aromatic heterocycles. The predicted molar refractivity (Wildman–Crippen MR) is 48.0 cm³/mol. The second-order valence-corrected chi connectivity index (χ2v) is 3.19. The summed E-state index contributed by atoms with van der Waals surface area (Å²) in [5.74, 6) is -3.99. The molecule has 92 valence electrons. The summed E-state index contributed by atoms with van der Waals surface area (Å²) in [5, 5.41) is 8.31. The highest BCUT2D eigenvalue weighted by molar-refractivity contribution is 6.05. The summed E-state index contributed by atoms with van der Waals surface area (Å²) in [6.45, 7) is 0. The molecule has 17 heavy (non-hydrogen) atoms. The van der Waals surface area contributed by atoms with Crippen molar-refractivity contribution in [3.05, 3.63) is 35.1 Å². The van der Waals surface area contributed by atoms with Gasteiger partial charge in [-0.05, 0) is 18.2 Å². The van der Waals surface area contributed by atoms with Crippen LogP contribution in [0.3, 0.4) is 0 Å². The fraction of sp³-hybridized carbons (Fsp3) is 0.200. The van der Waals surface area contributed by atoms with Crippen LogP contribution in [0.25, 0.3) is 0 Å². The molecule has 0 aliphatic heterocycles. The largest absolute Gasteiger partial charge is 0.481 e. The van der Waals surface area contributed by atoms with Gasteiger partial charge in [0, 0.05) is 5.56 Å². The average molecular weight is 250 g/mol. The van der Waals surface area contributed by atoms with Gasteiger partial charge in [0.1, 0.15) is 12.2 Å². The lowest BCUT2D eigenvalue weighted by atomic mass is 10.0. The molecule has 0 atom stereocenters. The van der Waals surface area contributed by atoms with Crippen LogP contribution in [-0.2, 0) is 11.0 Å². The Hall–Kier alpha value is -1.92. The summed E-state index contributed by atoms with van der Waals surface area (Å²) in [6.07, 6.45) is -5.87. The molecular weight excluding hydrogens is 244 g/mol. The fourth-order valence-electron chi connectivity index (χ4n) is 1.16. The number of rotatable bonds is 3. The van der Waals surface area contributed by atoms with Crippen LogP contribution in [0.4, 0.5) is 17.6 Å². The molecule has 0 aliphatic rings. The van der Waals surface area contributed by atoms with Crippen molar-refractivity contribution in [2.75, 3.05) is 0 Å². The van der Waals surface area contributed by atoms with Crippen LogP contribution in [0.15, 0.2) is 18.2 Å². The number of carbonyl (C=O) groups excluding carboxylic acids is 1. The van der Waals surface area contributed by atoms with Crippen LogP contribution in [0.2, 0.25) is 0 Å². The first-order valence-corrected chi connectivity index (χ1v) is 4.33. The Morgan fingerprint density at radius 1 is 1.24 bits per heavy atom. The maximum atomic E-state index is 12.8. The molecule has 0 fully saturated rings. The van der Waals surface area contributed by atoms with Gasteiger partial charge in [0.2, 0.25) is 0 Å². The topological polar surface area (TPSA) is 54.4 Å². The number of benzene rings is 1. The first-order valence-electron chi connectivity index (χ1n) is 4.33. The Labute approximate surface area is 92.7 Å². The predicted octanol–water partition coefficient (Wildman–Crippen LogP) is 2.50. The molecule has 0 saturated heterocycles. The second-order valence-electron chi connectivity index (χ2n) is 3.19. The SMILES string of the molecule is O=C(O)CC(=O)c1ccc(F)c(C(F)(F)F)c1. The lowest BCUT2D eigenvalue weighted by molar-refractivity contribution is -0.140. The van der Waals surface area contributed by atoms with E-state index in [1.54, 1.807) is 0 Å². The van der Waals surface area contributed by atoms with E-state index in [-0.39, 0.29) is 0 Å². The monoisotopic (exact) mass is 250 g/mol. The highest BCUT2D eigenvalue weighted by atomic mass is 19.4. The zero-order chi connectivity index (χ0) is 13.2. The third-order valence-corrected chi connectivity index (χ3v) is 1.91. The van der Waals surface area contributed by atoms with Crippen molar-refractivity contribution in [1.29, 1.82) is 0 Å². The number of carbonyl (C=O) groups is 2. The van der Waals surface area contributed by atoms with Crippen LogP contribution in [-0.4, -0.2) is 16.9 Å². The third kappa shape index (κ3) is 3.27. The smallest absolute Gasteiger partial charge is 0.419 e. The number of hydrogen-bond donors (Lipinski definition) is 1. The van der Waals surface area contributed by atoms with Crippen molar-refractivity contribution in [2.24, 2.45) is 0 Å². The fourth-order valence-corrected chi connectivity index (χ4v) is 1.16. The molecule has 1 aromatic rings.